The Hall–Kier alpha value is -3.46. The second kappa shape index (κ2) is 10.2. The van der Waals surface area contributed by atoms with Gasteiger partial charge in [0.1, 0.15) is 23.4 Å². The Morgan fingerprint density at radius 3 is 2.59 bits per heavy atom. The zero-order chi connectivity index (χ0) is 24.2. The summed E-state index contributed by atoms with van der Waals surface area (Å²) in [6.45, 7) is 7.06. The summed E-state index contributed by atoms with van der Waals surface area (Å²) in [6, 6.07) is 9.54. The molecule has 2 aromatic carbocycles. The second-order valence-electron chi connectivity index (χ2n) is 8.34. The third kappa shape index (κ3) is 5.04. The van der Waals surface area contributed by atoms with Gasteiger partial charge in [-0.25, -0.2) is 4.39 Å². The Labute approximate surface area is 197 Å². The molecule has 180 valence electrons. The molecule has 9 heteroatoms. The van der Waals surface area contributed by atoms with Gasteiger partial charge in [0.2, 0.25) is 5.91 Å². The third-order valence-electron chi connectivity index (χ3n) is 6.20. The molecule has 0 spiro atoms. The van der Waals surface area contributed by atoms with E-state index in [0.29, 0.717) is 30.1 Å². The molecule has 8 nitrogen and oxygen atoms in total. The van der Waals surface area contributed by atoms with E-state index < -0.39 is 11.9 Å². The van der Waals surface area contributed by atoms with Crippen molar-refractivity contribution in [3.05, 3.63) is 53.8 Å². The van der Waals surface area contributed by atoms with Crippen LogP contribution in [0.2, 0.25) is 0 Å². The quantitative estimate of drug-likeness (QED) is 0.580. The van der Waals surface area contributed by atoms with Crippen molar-refractivity contribution in [3.8, 4) is 11.5 Å². The average Bonchev–Trinajstić information content (AvgIpc) is 2.86. The fraction of sp³-hybridized carbons (Fsp3) is 0.400. The number of rotatable bonds is 7. The molecule has 0 aromatic heterocycles. The first kappa shape index (κ1) is 23.7. The van der Waals surface area contributed by atoms with Crippen LogP contribution in [-0.2, 0) is 9.59 Å². The Morgan fingerprint density at radius 1 is 1.12 bits per heavy atom. The maximum Gasteiger partial charge on any atom is 0.265 e. The molecule has 2 aliphatic rings. The summed E-state index contributed by atoms with van der Waals surface area (Å²) in [4.78, 5) is 44.2. The first-order valence-electron chi connectivity index (χ1n) is 11.4. The van der Waals surface area contributed by atoms with Crippen molar-refractivity contribution in [3.63, 3.8) is 0 Å². The number of Topliss-reactive ketones (excluding diaryl/α,β-unsaturated/α-hetero) is 1. The van der Waals surface area contributed by atoms with Gasteiger partial charge in [-0.2, -0.15) is 0 Å². The highest BCUT2D eigenvalue weighted by molar-refractivity contribution is 6.05. The SMILES string of the molecule is CCN1CCN(C(=O)C(C)N2C(=O)COc3ccc(C(=O)COc4cccc(F)c4)cc32)CC1. The first-order chi connectivity index (χ1) is 16.4. The van der Waals surface area contributed by atoms with Crippen LogP contribution in [-0.4, -0.2) is 79.4 Å². The number of halogens is 1. The normalized spacial score (nSPS) is 17.1. The van der Waals surface area contributed by atoms with Crippen LogP contribution >= 0.6 is 0 Å². The van der Waals surface area contributed by atoms with Crippen molar-refractivity contribution in [2.45, 2.75) is 19.9 Å². The lowest BCUT2D eigenvalue weighted by Gasteiger charge is -2.39. The summed E-state index contributed by atoms with van der Waals surface area (Å²) in [5.41, 5.74) is 0.676. The summed E-state index contributed by atoms with van der Waals surface area (Å²) >= 11 is 0. The molecule has 0 N–H and O–H groups in total. The third-order valence-corrected chi connectivity index (χ3v) is 6.20. The lowest BCUT2D eigenvalue weighted by atomic mass is 10.1. The molecule has 1 fully saturated rings. The van der Waals surface area contributed by atoms with Gasteiger partial charge in [-0.3, -0.25) is 19.3 Å². The summed E-state index contributed by atoms with van der Waals surface area (Å²) < 4.78 is 24.3. The number of carbonyl (C=O) groups is 3. The van der Waals surface area contributed by atoms with Crippen molar-refractivity contribution in [2.75, 3.05) is 50.8 Å². The molecule has 34 heavy (non-hydrogen) atoms. The lowest BCUT2D eigenvalue weighted by Crippen LogP contribution is -2.56. The van der Waals surface area contributed by atoms with E-state index in [9.17, 15) is 18.8 Å². The summed E-state index contributed by atoms with van der Waals surface area (Å²) in [5, 5.41) is 0. The van der Waals surface area contributed by atoms with E-state index in [4.69, 9.17) is 9.47 Å². The summed E-state index contributed by atoms with van der Waals surface area (Å²) in [5.74, 6) is -0.616. The molecule has 1 atom stereocenters. The standard InChI is InChI=1S/C25H28FN3O5/c1-3-27-9-11-28(12-10-27)25(32)17(2)29-21-13-18(7-8-23(21)34-16-24(29)31)22(30)15-33-20-6-4-5-19(26)14-20/h4-8,13-14,17H,3,9-12,15-16H2,1-2H3. The molecule has 0 radical (unpaired) electrons. The number of fused-ring (bicyclic) bond motifs is 1. The Bertz CT molecular complexity index is 1080. The monoisotopic (exact) mass is 469 g/mol. The fourth-order valence-corrected chi connectivity index (χ4v) is 4.22. The Kier molecular flexibility index (Phi) is 7.12. The van der Waals surface area contributed by atoms with Gasteiger partial charge in [0.15, 0.2) is 19.0 Å². The van der Waals surface area contributed by atoms with Gasteiger partial charge < -0.3 is 19.3 Å². The highest BCUT2D eigenvalue weighted by Gasteiger charge is 2.36. The topological polar surface area (TPSA) is 79.4 Å². The van der Waals surface area contributed by atoms with Crippen LogP contribution in [0.25, 0.3) is 0 Å². The maximum absolute atomic E-state index is 13.3. The van der Waals surface area contributed by atoms with Crippen LogP contribution in [0.1, 0.15) is 24.2 Å². The molecule has 1 unspecified atom stereocenters. The minimum atomic E-state index is -0.739. The van der Waals surface area contributed by atoms with Gasteiger partial charge in [-0.05, 0) is 43.8 Å². The van der Waals surface area contributed by atoms with E-state index in [1.165, 1.54) is 23.1 Å². The van der Waals surface area contributed by atoms with E-state index in [0.717, 1.165) is 19.6 Å². The van der Waals surface area contributed by atoms with Gasteiger partial charge in [-0.1, -0.05) is 13.0 Å². The Morgan fingerprint density at radius 2 is 1.88 bits per heavy atom. The van der Waals surface area contributed by atoms with Crippen molar-refractivity contribution in [1.29, 1.82) is 0 Å². The number of amides is 2. The van der Waals surface area contributed by atoms with Gasteiger partial charge in [-0.15, -0.1) is 0 Å². The number of hydrogen-bond donors (Lipinski definition) is 0. The van der Waals surface area contributed by atoms with E-state index in [1.807, 2.05) is 0 Å². The molecular formula is C25H28FN3O5. The van der Waals surface area contributed by atoms with E-state index >= 15 is 0 Å². The minimum Gasteiger partial charge on any atom is -0.485 e. The van der Waals surface area contributed by atoms with Crippen molar-refractivity contribution in [1.82, 2.24) is 9.80 Å². The average molecular weight is 470 g/mol. The lowest BCUT2D eigenvalue weighted by molar-refractivity contribution is -0.136. The zero-order valence-electron chi connectivity index (χ0n) is 19.3. The molecular weight excluding hydrogens is 441 g/mol. The molecule has 2 aliphatic heterocycles. The predicted octanol–water partition coefficient (Wildman–Crippen LogP) is 2.37. The molecule has 4 rings (SSSR count). The van der Waals surface area contributed by atoms with Crippen molar-refractivity contribution in [2.24, 2.45) is 0 Å². The van der Waals surface area contributed by atoms with E-state index in [2.05, 4.69) is 11.8 Å². The minimum absolute atomic E-state index is 0.136. The second-order valence-corrected chi connectivity index (χ2v) is 8.34. The van der Waals surface area contributed by atoms with Crippen LogP contribution in [0.3, 0.4) is 0 Å². The molecule has 2 aromatic rings. The van der Waals surface area contributed by atoms with Crippen molar-refractivity contribution < 1.29 is 28.2 Å². The van der Waals surface area contributed by atoms with Gasteiger partial charge in [0.25, 0.3) is 5.91 Å². The number of carbonyl (C=O) groups excluding carboxylic acids is 3. The summed E-state index contributed by atoms with van der Waals surface area (Å²) in [6.07, 6.45) is 0. The van der Waals surface area contributed by atoms with Gasteiger partial charge in [0.05, 0.1) is 5.69 Å². The first-order valence-corrected chi connectivity index (χ1v) is 11.4. The molecule has 0 saturated carbocycles. The van der Waals surface area contributed by atoms with Crippen LogP contribution in [0.4, 0.5) is 10.1 Å². The predicted molar refractivity (Wildman–Crippen MR) is 124 cm³/mol. The Balaban J connectivity index is 1.50. The zero-order valence-corrected chi connectivity index (χ0v) is 19.3. The number of hydrogen-bond acceptors (Lipinski definition) is 6. The van der Waals surface area contributed by atoms with Crippen molar-refractivity contribution >= 4 is 23.3 Å². The number of piperazine rings is 1. The molecule has 2 amide bonds. The van der Waals surface area contributed by atoms with E-state index in [1.54, 1.807) is 36.1 Å². The van der Waals surface area contributed by atoms with Crippen LogP contribution in [0, 0.1) is 5.82 Å². The smallest absolute Gasteiger partial charge is 0.265 e. The molecule has 1 saturated heterocycles. The molecule has 0 bridgehead atoms. The number of nitrogens with zero attached hydrogens (tertiary/aromatic N) is 3. The highest BCUT2D eigenvalue weighted by Crippen LogP contribution is 2.35. The number of likely N-dealkylation sites (N-methyl/N-ethyl adjacent to an activating group) is 1. The fourth-order valence-electron chi connectivity index (χ4n) is 4.22. The van der Waals surface area contributed by atoms with Gasteiger partial charge in [0, 0.05) is 37.8 Å². The maximum atomic E-state index is 13.3. The number of anilines is 1. The van der Waals surface area contributed by atoms with Crippen LogP contribution < -0.4 is 14.4 Å². The largest absolute Gasteiger partial charge is 0.485 e. The molecule has 2 heterocycles. The van der Waals surface area contributed by atoms with Crippen LogP contribution in [0.5, 0.6) is 11.5 Å². The van der Waals surface area contributed by atoms with Gasteiger partial charge >= 0.3 is 0 Å². The highest BCUT2D eigenvalue weighted by atomic mass is 19.1. The number of benzene rings is 2. The van der Waals surface area contributed by atoms with Crippen LogP contribution in [0.15, 0.2) is 42.5 Å². The number of ketones is 1. The van der Waals surface area contributed by atoms with E-state index in [-0.39, 0.29) is 36.6 Å². The summed E-state index contributed by atoms with van der Waals surface area (Å²) in [7, 11) is 0. The molecule has 0 aliphatic carbocycles. The number of ether oxygens (including phenoxy) is 2.